The lowest BCUT2D eigenvalue weighted by Crippen LogP contribution is -2.13. The standard InChI is InChI=1S/C37H23NO3S/c39-42(40)22-24-17-16-23(26-11-7-15-35-37(26)30-10-3-6-14-34(30)41-35)20-31(24)29-19-18-25(21-36(29)42)38-32-12-4-1-8-27(32)28-9-2-5-13-33(28)38/h1-21H,22H2. The molecule has 1 aliphatic rings. The fourth-order valence-electron chi connectivity index (χ4n) is 6.75. The van der Waals surface area contributed by atoms with Crippen LogP contribution in [-0.4, -0.2) is 13.0 Å². The van der Waals surface area contributed by atoms with Crippen LogP contribution >= 0.6 is 0 Å². The summed E-state index contributed by atoms with van der Waals surface area (Å²) in [6.07, 6.45) is 0. The van der Waals surface area contributed by atoms with Gasteiger partial charge in [0.15, 0.2) is 9.84 Å². The van der Waals surface area contributed by atoms with Crippen molar-refractivity contribution in [3.05, 3.63) is 133 Å². The number of aromatic nitrogens is 1. The molecule has 9 rings (SSSR count). The zero-order valence-electron chi connectivity index (χ0n) is 22.4. The van der Waals surface area contributed by atoms with Gasteiger partial charge in [-0.25, -0.2) is 8.42 Å². The smallest absolute Gasteiger partial charge is 0.183 e. The number of nitrogens with zero attached hydrogens (tertiary/aromatic N) is 1. The Morgan fingerprint density at radius 1 is 0.571 bits per heavy atom. The highest BCUT2D eigenvalue weighted by atomic mass is 32.2. The SMILES string of the molecule is O=S1(=O)Cc2ccc(-c3cccc4oc5ccccc5c34)cc2-c2ccc(-n3c4ccccc4c4ccccc43)cc21. The molecule has 0 unspecified atom stereocenters. The quantitative estimate of drug-likeness (QED) is 0.211. The van der Waals surface area contributed by atoms with E-state index >= 15 is 0 Å². The second kappa shape index (κ2) is 8.44. The van der Waals surface area contributed by atoms with Gasteiger partial charge < -0.3 is 8.98 Å². The zero-order chi connectivity index (χ0) is 28.0. The third-order valence-electron chi connectivity index (χ3n) is 8.60. The number of benzene rings is 6. The lowest BCUT2D eigenvalue weighted by molar-refractivity contribution is 0.594. The summed E-state index contributed by atoms with van der Waals surface area (Å²) in [7, 11) is -3.54. The first-order chi connectivity index (χ1) is 20.6. The van der Waals surface area contributed by atoms with Gasteiger partial charge in [-0.3, -0.25) is 0 Å². The van der Waals surface area contributed by atoms with E-state index in [9.17, 15) is 8.42 Å². The highest BCUT2D eigenvalue weighted by Gasteiger charge is 2.29. The molecule has 1 aliphatic heterocycles. The van der Waals surface area contributed by atoms with E-state index in [4.69, 9.17) is 4.42 Å². The van der Waals surface area contributed by atoms with Gasteiger partial charge >= 0.3 is 0 Å². The van der Waals surface area contributed by atoms with Crippen molar-refractivity contribution in [2.75, 3.05) is 0 Å². The van der Waals surface area contributed by atoms with Crippen LogP contribution in [-0.2, 0) is 15.6 Å². The minimum absolute atomic E-state index is 0.0227. The maximum Gasteiger partial charge on any atom is 0.183 e. The van der Waals surface area contributed by atoms with E-state index < -0.39 is 9.84 Å². The molecule has 0 amide bonds. The van der Waals surface area contributed by atoms with Gasteiger partial charge in [-0.2, -0.15) is 0 Å². The molecule has 0 saturated carbocycles. The van der Waals surface area contributed by atoms with Crippen LogP contribution in [0.4, 0.5) is 0 Å². The minimum Gasteiger partial charge on any atom is -0.456 e. The number of fused-ring (bicyclic) bond motifs is 9. The van der Waals surface area contributed by atoms with E-state index in [2.05, 4.69) is 47.0 Å². The number of furan rings is 1. The highest BCUT2D eigenvalue weighted by Crippen LogP contribution is 2.43. The molecule has 200 valence electrons. The second-order valence-corrected chi connectivity index (χ2v) is 12.9. The third kappa shape index (κ3) is 3.25. The van der Waals surface area contributed by atoms with Crippen LogP contribution in [0.3, 0.4) is 0 Å². The summed E-state index contributed by atoms with van der Waals surface area (Å²) in [4.78, 5) is 0.374. The van der Waals surface area contributed by atoms with E-state index in [1.807, 2.05) is 84.9 Å². The highest BCUT2D eigenvalue weighted by molar-refractivity contribution is 7.90. The average Bonchev–Trinajstić information content (AvgIpc) is 3.57. The molecule has 3 heterocycles. The number of hydrogen-bond acceptors (Lipinski definition) is 3. The molecule has 6 aromatic carbocycles. The van der Waals surface area contributed by atoms with E-state index in [1.165, 1.54) is 0 Å². The van der Waals surface area contributed by atoms with E-state index in [0.717, 1.165) is 77.2 Å². The Bertz CT molecular complexity index is 2460. The Morgan fingerprint density at radius 3 is 2.05 bits per heavy atom. The van der Waals surface area contributed by atoms with Crippen LogP contribution in [0.1, 0.15) is 5.56 Å². The maximum absolute atomic E-state index is 13.7. The molecular formula is C37H23NO3S. The van der Waals surface area contributed by atoms with Gasteiger partial charge in [0.2, 0.25) is 0 Å². The molecule has 0 bridgehead atoms. The van der Waals surface area contributed by atoms with E-state index in [1.54, 1.807) is 0 Å². The first-order valence-corrected chi connectivity index (χ1v) is 15.6. The Labute approximate surface area is 242 Å². The largest absolute Gasteiger partial charge is 0.456 e. The second-order valence-electron chi connectivity index (χ2n) is 11.0. The van der Waals surface area contributed by atoms with Crippen LogP contribution < -0.4 is 0 Å². The van der Waals surface area contributed by atoms with Gasteiger partial charge in [-0.1, -0.05) is 84.9 Å². The van der Waals surface area contributed by atoms with Crippen LogP contribution in [0.15, 0.2) is 137 Å². The molecule has 0 atom stereocenters. The third-order valence-corrected chi connectivity index (χ3v) is 10.3. The molecule has 0 saturated heterocycles. The summed E-state index contributed by atoms with van der Waals surface area (Å²) in [6.45, 7) is 0. The van der Waals surface area contributed by atoms with Gasteiger partial charge in [-0.05, 0) is 64.7 Å². The maximum atomic E-state index is 13.7. The van der Waals surface area contributed by atoms with Crippen molar-refractivity contribution in [1.29, 1.82) is 0 Å². The minimum atomic E-state index is -3.54. The fraction of sp³-hybridized carbons (Fsp3) is 0.0270. The Kier molecular flexibility index (Phi) is 4.74. The molecular weight excluding hydrogens is 538 g/mol. The van der Waals surface area contributed by atoms with Gasteiger partial charge in [0.1, 0.15) is 11.2 Å². The number of sulfone groups is 1. The predicted molar refractivity (Wildman–Crippen MR) is 170 cm³/mol. The Hall–Kier alpha value is -5.13. The van der Waals surface area contributed by atoms with Gasteiger partial charge in [-0.15, -0.1) is 0 Å². The number of para-hydroxylation sites is 3. The van der Waals surface area contributed by atoms with Crippen LogP contribution in [0.2, 0.25) is 0 Å². The van der Waals surface area contributed by atoms with Crippen molar-refractivity contribution in [3.8, 4) is 27.9 Å². The Morgan fingerprint density at radius 2 is 1.26 bits per heavy atom. The molecule has 4 nitrogen and oxygen atoms in total. The van der Waals surface area contributed by atoms with Crippen LogP contribution in [0, 0.1) is 0 Å². The molecule has 42 heavy (non-hydrogen) atoms. The fourth-order valence-corrected chi connectivity index (χ4v) is 8.38. The van der Waals surface area contributed by atoms with Crippen LogP contribution in [0.25, 0.3) is 71.7 Å². The first-order valence-electron chi connectivity index (χ1n) is 14.0. The van der Waals surface area contributed by atoms with E-state index in [-0.39, 0.29) is 5.75 Å². The molecule has 5 heteroatoms. The van der Waals surface area contributed by atoms with Crippen molar-refractivity contribution >= 4 is 53.6 Å². The number of rotatable bonds is 2. The first kappa shape index (κ1) is 23.6. The van der Waals surface area contributed by atoms with Gasteiger partial charge in [0, 0.05) is 32.8 Å². The van der Waals surface area contributed by atoms with Crippen molar-refractivity contribution < 1.29 is 12.8 Å². The molecule has 0 radical (unpaired) electrons. The van der Waals surface area contributed by atoms with Crippen molar-refractivity contribution in [2.45, 2.75) is 10.6 Å². The molecule has 0 N–H and O–H groups in total. The monoisotopic (exact) mass is 561 g/mol. The normalized spacial score (nSPS) is 14.0. The summed E-state index contributed by atoms with van der Waals surface area (Å²) in [5.41, 5.74) is 9.24. The predicted octanol–water partition coefficient (Wildman–Crippen LogP) is 9.30. The Balaban J connectivity index is 1.26. The van der Waals surface area contributed by atoms with Gasteiger partial charge in [0.25, 0.3) is 0 Å². The molecule has 0 spiro atoms. The topological polar surface area (TPSA) is 52.2 Å². The lowest BCUT2D eigenvalue weighted by Gasteiger charge is -2.22. The zero-order valence-corrected chi connectivity index (χ0v) is 23.2. The van der Waals surface area contributed by atoms with Gasteiger partial charge in [0.05, 0.1) is 21.7 Å². The van der Waals surface area contributed by atoms with Crippen molar-refractivity contribution in [2.24, 2.45) is 0 Å². The van der Waals surface area contributed by atoms with E-state index in [0.29, 0.717) is 4.90 Å². The summed E-state index contributed by atoms with van der Waals surface area (Å²) < 4.78 is 35.7. The summed E-state index contributed by atoms with van der Waals surface area (Å²) in [6, 6.07) is 42.7. The average molecular weight is 562 g/mol. The van der Waals surface area contributed by atoms with Crippen LogP contribution in [0.5, 0.6) is 0 Å². The summed E-state index contributed by atoms with van der Waals surface area (Å²) >= 11 is 0. The van der Waals surface area contributed by atoms with Crippen molar-refractivity contribution in [1.82, 2.24) is 4.57 Å². The van der Waals surface area contributed by atoms with Crippen molar-refractivity contribution in [3.63, 3.8) is 0 Å². The molecule has 0 fully saturated rings. The lowest BCUT2D eigenvalue weighted by atomic mass is 9.93. The summed E-state index contributed by atoms with van der Waals surface area (Å²) in [5.74, 6) is -0.0227. The molecule has 8 aromatic rings. The molecule has 2 aromatic heterocycles. The number of hydrogen-bond donors (Lipinski definition) is 0. The molecule has 0 aliphatic carbocycles. The summed E-state index contributed by atoms with van der Waals surface area (Å²) in [5, 5.41) is 4.42.